The fourth-order valence-corrected chi connectivity index (χ4v) is 3.35. The maximum atomic E-state index is 13.7. The number of hydrogen-bond acceptors (Lipinski definition) is 4. The Morgan fingerprint density at radius 1 is 1.11 bits per heavy atom. The summed E-state index contributed by atoms with van der Waals surface area (Å²) in [5.74, 6) is -1.91. The molecule has 0 N–H and O–H groups in total. The van der Waals surface area contributed by atoms with E-state index in [2.05, 4.69) is 30.0 Å². The van der Waals surface area contributed by atoms with E-state index in [0.717, 1.165) is 25.7 Å². The molecular formula is C21H22ClFN2O3. The highest BCUT2D eigenvalue weighted by atomic mass is 35.5. The number of aryl methyl sites for hydroxylation is 1. The Bertz CT molecular complexity index is 866. The number of piperazine rings is 1. The third-order valence-corrected chi connectivity index (χ3v) is 4.92. The highest BCUT2D eigenvalue weighted by Crippen LogP contribution is 2.16. The SMILES string of the molecule is Cc1cccc(CN2CCN(C(=O)COC(=O)c3cc(Cl)ccc3F)CC2)c1. The summed E-state index contributed by atoms with van der Waals surface area (Å²) in [4.78, 5) is 28.2. The zero-order chi connectivity index (χ0) is 20.1. The molecule has 0 spiro atoms. The first kappa shape index (κ1) is 20.3. The zero-order valence-corrected chi connectivity index (χ0v) is 16.4. The second kappa shape index (κ2) is 9.17. The number of benzene rings is 2. The van der Waals surface area contributed by atoms with Crippen LogP contribution in [0.15, 0.2) is 42.5 Å². The van der Waals surface area contributed by atoms with Crippen LogP contribution in [0.5, 0.6) is 0 Å². The highest BCUT2D eigenvalue weighted by Gasteiger charge is 2.23. The lowest BCUT2D eigenvalue weighted by Gasteiger charge is -2.34. The van der Waals surface area contributed by atoms with Crippen molar-refractivity contribution in [3.05, 3.63) is 70.0 Å². The third-order valence-electron chi connectivity index (χ3n) is 4.69. The molecule has 1 heterocycles. The summed E-state index contributed by atoms with van der Waals surface area (Å²) >= 11 is 5.77. The lowest BCUT2D eigenvalue weighted by Crippen LogP contribution is -2.49. The number of esters is 1. The lowest BCUT2D eigenvalue weighted by molar-refractivity contribution is -0.136. The molecule has 7 heteroatoms. The number of rotatable bonds is 5. The second-order valence-corrected chi connectivity index (χ2v) is 7.28. The van der Waals surface area contributed by atoms with Gasteiger partial charge in [-0.25, -0.2) is 9.18 Å². The van der Waals surface area contributed by atoms with Gasteiger partial charge in [-0.3, -0.25) is 9.69 Å². The van der Waals surface area contributed by atoms with Crippen molar-refractivity contribution >= 4 is 23.5 Å². The van der Waals surface area contributed by atoms with Gasteiger partial charge >= 0.3 is 5.97 Å². The van der Waals surface area contributed by atoms with Gasteiger partial charge in [0, 0.05) is 37.7 Å². The van der Waals surface area contributed by atoms with E-state index in [0.29, 0.717) is 13.1 Å². The summed E-state index contributed by atoms with van der Waals surface area (Å²) < 4.78 is 18.7. The molecular weight excluding hydrogens is 383 g/mol. The van der Waals surface area contributed by atoms with Crippen LogP contribution < -0.4 is 0 Å². The molecule has 0 radical (unpaired) electrons. The topological polar surface area (TPSA) is 49.9 Å². The maximum absolute atomic E-state index is 13.7. The van der Waals surface area contributed by atoms with E-state index in [4.69, 9.17) is 16.3 Å². The Labute approximate surface area is 168 Å². The monoisotopic (exact) mass is 404 g/mol. The Hall–Kier alpha value is -2.44. The van der Waals surface area contributed by atoms with Gasteiger partial charge in [0.05, 0.1) is 5.56 Å². The molecule has 0 aromatic heterocycles. The fourth-order valence-electron chi connectivity index (χ4n) is 3.17. The largest absolute Gasteiger partial charge is 0.452 e. The van der Waals surface area contributed by atoms with Crippen LogP contribution in [0.25, 0.3) is 0 Å². The Balaban J connectivity index is 1.46. The van der Waals surface area contributed by atoms with Crippen molar-refractivity contribution in [3.63, 3.8) is 0 Å². The average Bonchev–Trinajstić information content (AvgIpc) is 2.68. The smallest absolute Gasteiger partial charge is 0.341 e. The van der Waals surface area contributed by atoms with Crippen molar-refractivity contribution in [2.24, 2.45) is 0 Å². The number of amides is 1. The lowest BCUT2D eigenvalue weighted by atomic mass is 10.1. The molecule has 1 aliphatic rings. The van der Waals surface area contributed by atoms with Crippen LogP contribution >= 0.6 is 11.6 Å². The van der Waals surface area contributed by atoms with Crippen LogP contribution in [0.4, 0.5) is 4.39 Å². The highest BCUT2D eigenvalue weighted by molar-refractivity contribution is 6.30. The van der Waals surface area contributed by atoms with Crippen LogP contribution in [0, 0.1) is 12.7 Å². The predicted molar refractivity (Wildman–Crippen MR) is 105 cm³/mol. The summed E-state index contributed by atoms with van der Waals surface area (Å²) in [6.07, 6.45) is 0. The Morgan fingerprint density at radius 2 is 1.86 bits per heavy atom. The number of ether oxygens (including phenoxy) is 1. The standard InChI is InChI=1S/C21H22ClFN2O3/c1-15-3-2-4-16(11-15)13-24-7-9-25(10-8-24)20(26)14-28-21(27)18-12-17(22)5-6-19(18)23/h2-6,11-12H,7-10,13-14H2,1H3. The van der Waals surface area contributed by atoms with Gasteiger partial charge in [-0.05, 0) is 30.7 Å². The van der Waals surface area contributed by atoms with E-state index in [1.54, 1.807) is 4.90 Å². The van der Waals surface area contributed by atoms with Crippen molar-refractivity contribution in [1.29, 1.82) is 0 Å². The molecule has 148 valence electrons. The zero-order valence-electron chi connectivity index (χ0n) is 15.7. The van der Waals surface area contributed by atoms with Crippen LogP contribution in [0.2, 0.25) is 5.02 Å². The van der Waals surface area contributed by atoms with Gasteiger partial charge in [0.2, 0.25) is 0 Å². The van der Waals surface area contributed by atoms with Gasteiger partial charge in [0.1, 0.15) is 5.82 Å². The van der Waals surface area contributed by atoms with Gasteiger partial charge < -0.3 is 9.64 Å². The van der Waals surface area contributed by atoms with E-state index in [1.165, 1.54) is 23.3 Å². The molecule has 0 atom stereocenters. The molecule has 28 heavy (non-hydrogen) atoms. The minimum absolute atomic E-state index is 0.226. The number of halogens is 2. The van der Waals surface area contributed by atoms with Crippen LogP contribution in [0.3, 0.4) is 0 Å². The summed E-state index contributed by atoms with van der Waals surface area (Å²) in [5, 5.41) is 0.226. The van der Waals surface area contributed by atoms with Gasteiger partial charge in [-0.1, -0.05) is 41.4 Å². The Kier molecular flexibility index (Phi) is 6.65. The van der Waals surface area contributed by atoms with E-state index < -0.39 is 18.4 Å². The molecule has 0 bridgehead atoms. The van der Waals surface area contributed by atoms with E-state index in [1.807, 2.05) is 6.07 Å². The summed E-state index contributed by atoms with van der Waals surface area (Å²) in [7, 11) is 0. The van der Waals surface area contributed by atoms with E-state index >= 15 is 0 Å². The fraction of sp³-hybridized carbons (Fsp3) is 0.333. The van der Waals surface area contributed by atoms with Gasteiger partial charge in [0.15, 0.2) is 6.61 Å². The van der Waals surface area contributed by atoms with Gasteiger partial charge in [-0.15, -0.1) is 0 Å². The van der Waals surface area contributed by atoms with Crippen LogP contribution in [0.1, 0.15) is 21.5 Å². The minimum Gasteiger partial charge on any atom is -0.452 e. The van der Waals surface area contributed by atoms with Crippen molar-refractivity contribution in [2.75, 3.05) is 32.8 Å². The second-order valence-electron chi connectivity index (χ2n) is 6.85. The molecule has 0 saturated carbocycles. The summed E-state index contributed by atoms with van der Waals surface area (Å²) in [6, 6.07) is 12.0. The van der Waals surface area contributed by atoms with Crippen LogP contribution in [-0.2, 0) is 16.1 Å². The average molecular weight is 405 g/mol. The molecule has 1 fully saturated rings. The first-order valence-electron chi connectivity index (χ1n) is 9.10. The molecule has 3 rings (SSSR count). The normalized spacial score (nSPS) is 14.8. The van der Waals surface area contributed by atoms with E-state index in [9.17, 15) is 14.0 Å². The molecule has 1 amide bonds. The van der Waals surface area contributed by atoms with Crippen LogP contribution in [-0.4, -0.2) is 54.5 Å². The first-order valence-corrected chi connectivity index (χ1v) is 9.48. The minimum atomic E-state index is -0.897. The van der Waals surface area contributed by atoms with Gasteiger partial charge in [-0.2, -0.15) is 0 Å². The van der Waals surface area contributed by atoms with Crippen molar-refractivity contribution in [2.45, 2.75) is 13.5 Å². The van der Waals surface area contributed by atoms with Gasteiger partial charge in [0.25, 0.3) is 5.91 Å². The summed E-state index contributed by atoms with van der Waals surface area (Å²) in [6.45, 7) is 5.11. The third kappa shape index (κ3) is 5.30. The molecule has 1 aliphatic heterocycles. The molecule has 0 unspecified atom stereocenters. The maximum Gasteiger partial charge on any atom is 0.341 e. The Morgan fingerprint density at radius 3 is 2.57 bits per heavy atom. The molecule has 1 saturated heterocycles. The number of nitrogens with zero attached hydrogens (tertiary/aromatic N) is 2. The molecule has 0 aliphatic carbocycles. The molecule has 2 aromatic rings. The number of carbonyl (C=O) groups excluding carboxylic acids is 2. The van der Waals surface area contributed by atoms with Crippen molar-refractivity contribution < 1.29 is 18.7 Å². The first-order chi connectivity index (χ1) is 13.4. The predicted octanol–water partition coefficient (Wildman–Crippen LogP) is 3.29. The summed E-state index contributed by atoms with van der Waals surface area (Å²) in [5.41, 5.74) is 2.20. The van der Waals surface area contributed by atoms with Crippen molar-refractivity contribution in [1.82, 2.24) is 9.80 Å². The van der Waals surface area contributed by atoms with E-state index in [-0.39, 0.29) is 16.5 Å². The molecule has 2 aromatic carbocycles. The number of carbonyl (C=O) groups is 2. The molecule has 5 nitrogen and oxygen atoms in total. The number of hydrogen-bond donors (Lipinski definition) is 0. The van der Waals surface area contributed by atoms with Crippen molar-refractivity contribution in [3.8, 4) is 0 Å². The quantitative estimate of drug-likeness (QED) is 0.717.